The molecule has 96 valence electrons. The molecule has 17 heavy (non-hydrogen) atoms. The number of hydrogen-bond donors (Lipinski definition) is 1. The van der Waals surface area contributed by atoms with Gasteiger partial charge in [-0.1, -0.05) is 26.8 Å². The molecule has 0 spiro atoms. The average Bonchev–Trinajstić information content (AvgIpc) is 2.56. The highest BCUT2D eigenvalue weighted by Crippen LogP contribution is 2.34. The lowest BCUT2D eigenvalue weighted by Crippen LogP contribution is -2.27. The van der Waals surface area contributed by atoms with Gasteiger partial charge in [0.15, 0.2) is 0 Å². The first-order chi connectivity index (χ1) is 7.99. The number of nitrogens with two attached hydrogens (primary N) is 1. The fraction of sp³-hybridized carbons (Fsp3) is 0.583. The van der Waals surface area contributed by atoms with Gasteiger partial charge in [-0.2, -0.15) is 0 Å². The quantitative estimate of drug-likeness (QED) is 0.824. The highest BCUT2D eigenvalue weighted by molar-refractivity contribution is 5.46. The molecule has 1 unspecified atom stereocenters. The van der Waals surface area contributed by atoms with E-state index in [1.165, 1.54) is 0 Å². The van der Waals surface area contributed by atoms with Gasteiger partial charge in [0.05, 0.1) is 6.54 Å². The lowest BCUT2D eigenvalue weighted by atomic mass is 10.1. The zero-order valence-corrected chi connectivity index (χ0v) is 10.5. The second kappa shape index (κ2) is 5.29. The van der Waals surface area contributed by atoms with E-state index in [4.69, 9.17) is 5.73 Å². The van der Waals surface area contributed by atoms with Gasteiger partial charge in [0.1, 0.15) is 11.6 Å². The standard InChI is InChI=1S/C10H13F2N3.C2H6/c1-7-5-15(6-10(7,11)12)9-4-2-3-8(13)14-9;1-2/h2-4,7H,5-6H2,1H3,(H2,13,14);1-2H3. The Kier molecular flexibility index (Phi) is 4.26. The maximum Gasteiger partial charge on any atom is 0.269 e. The largest absolute Gasteiger partial charge is 0.384 e. The maximum atomic E-state index is 13.3. The molecule has 3 nitrogen and oxygen atoms in total. The van der Waals surface area contributed by atoms with E-state index in [1.807, 2.05) is 13.8 Å². The van der Waals surface area contributed by atoms with Gasteiger partial charge < -0.3 is 10.6 Å². The molecule has 2 N–H and O–H groups in total. The molecule has 0 radical (unpaired) electrons. The van der Waals surface area contributed by atoms with Crippen LogP contribution in [0.1, 0.15) is 20.8 Å². The molecule has 2 rings (SSSR count). The Morgan fingerprint density at radius 1 is 1.41 bits per heavy atom. The number of rotatable bonds is 1. The summed E-state index contributed by atoms with van der Waals surface area (Å²) in [5.41, 5.74) is 5.50. The maximum absolute atomic E-state index is 13.3. The topological polar surface area (TPSA) is 42.1 Å². The van der Waals surface area contributed by atoms with Crippen molar-refractivity contribution in [1.82, 2.24) is 4.98 Å². The molecular weight excluding hydrogens is 224 g/mol. The molecule has 1 atom stereocenters. The van der Waals surface area contributed by atoms with Crippen molar-refractivity contribution in [3.63, 3.8) is 0 Å². The van der Waals surface area contributed by atoms with Crippen LogP contribution < -0.4 is 10.6 Å². The molecule has 1 fully saturated rings. The van der Waals surface area contributed by atoms with Crippen LogP contribution in [-0.4, -0.2) is 24.0 Å². The first-order valence-electron chi connectivity index (χ1n) is 5.84. The first kappa shape index (κ1) is 13.7. The highest BCUT2D eigenvalue weighted by Gasteiger charge is 2.45. The molecule has 1 saturated heterocycles. The molecule has 1 aliphatic heterocycles. The van der Waals surface area contributed by atoms with Gasteiger partial charge in [0.2, 0.25) is 0 Å². The summed E-state index contributed by atoms with van der Waals surface area (Å²) in [6.45, 7) is 5.60. The van der Waals surface area contributed by atoms with Crippen molar-refractivity contribution < 1.29 is 8.78 Å². The Labute approximate surface area is 101 Å². The van der Waals surface area contributed by atoms with E-state index in [-0.39, 0.29) is 6.54 Å². The van der Waals surface area contributed by atoms with Crippen molar-refractivity contribution in [3.8, 4) is 0 Å². The summed E-state index contributed by atoms with van der Waals surface area (Å²) in [5.74, 6) is -2.39. The number of pyridine rings is 1. The van der Waals surface area contributed by atoms with Gasteiger partial charge in [-0.3, -0.25) is 0 Å². The van der Waals surface area contributed by atoms with Crippen LogP contribution in [0.2, 0.25) is 0 Å². The predicted molar refractivity (Wildman–Crippen MR) is 66.3 cm³/mol. The summed E-state index contributed by atoms with van der Waals surface area (Å²) in [7, 11) is 0. The van der Waals surface area contributed by atoms with E-state index in [9.17, 15) is 8.78 Å². The van der Waals surface area contributed by atoms with E-state index in [1.54, 1.807) is 30.0 Å². The summed E-state index contributed by atoms with van der Waals surface area (Å²) in [5, 5.41) is 0. The normalized spacial score (nSPS) is 21.9. The summed E-state index contributed by atoms with van der Waals surface area (Å²) in [4.78, 5) is 5.60. The molecule has 0 amide bonds. The zero-order valence-electron chi connectivity index (χ0n) is 10.5. The molecule has 0 aromatic carbocycles. The Morgan fingerprint density at radius 3 is 2.53 bits per heavy atom. The lowest BCUT2D eigenvalue weighted by molar-refractivity contribution is -0.0137. The van der Waals surface area contributed by atoms with Crippen molar-refractivity contribution in [1.29, 1.82) is 0 Å². The number of anilines is 2. The second-order valence-electron chi connectivity index (χ2n) is 3.96. The van der Waals surface area contributed by atoms with Crippen LogP contribution in [0.25, 0.3) is 0 Å². The van der Waals surface area contributed by atoms with Crippen molar-refractivity contribution in [2.75, 3.05) is 23.7 Å². The van der Waals surface area contributed by atoms with Crippen LogP contribution in [0.5, 0.6) is 0 Å². The van der Waals surface area contributed by atoms with E-state index in [2.05, 4.69) is 4.98 Å². The molecule has 5 heteroatoms. The van der Waals surface area contributed by atoms with Gasteiger partial charge in [0, 0.05) is 12.5 Å². The molecule has 1 aliphatic rings. The molecule has 2 heterocycles. The highest BCUT2D eigenvalue weighted by atomic mass is 19.3. The van der Waals surface area contributed by atoms with Crippen LogP contribution in [-0.2, 0) is 0 Å². The van der Waals surface area contributed by atoms with Crippen LogP contribution in [0, 0.1) is 5.92 Å². The van der Waals surface area contributed by atoms with Gasteiger partial charge in [-0.25, -0.2) is 13.8 Å². The van der Waals surface area contributed by atoms with E-state index >= 15 is 0 Å². The summed E-state index contributed by atoms with van der Waals surface area (Å²) >= 11 is 0. The number of alkyl halides is 2. The van der Waals surface area contributed by atoms with Gasteiger partial charge in [-0.15, -0.1) is 0 Å². The first-order valence-corrected chi connectivity index (χ1v) is 5.84. The minimum atomic E-state index is -2.63. The molecular formula is C12H19F2N3. The molecule has 1 aromatic rings. The van der Waals surface area contributed by atoms with E-state index < -0.39 is 11.8 Å². The Morgan fingerprint density at radius 2 is 2.06 bits per heavy atom. The third-order valence-electron chi connectivity index (χ3n) is 2.70. The van der Waals surface area contributed by atoms with Crippen LogP contribution in [0.15, 0.2) is 18.2 Å². The molecule has 0 aliphatic carbocycles. The van der Waals surface area contributed by atoms with Crippen molar-refractivity contribution in [2.45, 2.75) is 26.7 Å². The third-order valence-corrected chi connectivity index (χ3v) is 2.70. The fourth-order valence-electron chi connectivity index (χ4n) is 1.73. The Hall–Kier alpha value is -1.39. The van der Waals surface area contributed by atoms with E-state index in [0.29, 0.717) is 18.2 Å². The van der Waals surface area contributed by atoms with Crippen LogP contribution in [0.4, 0.5) is 20.4 Å². The average molecular weight is 243 g/mol. The van der Waals surface area contributed by atoms with Crippen molar-refractivity contribution in [3.05, 3.63) is 18.2 Å². The molecule has 0 saturated carbocycles. The summed E-state index contributed by atoms with van der Waals surface area (Å²) < 4.78 is 26.5. The molecule has 0 bridgehead atoms. The number of aromatic nitrogens is 1. The van der Waals surface area contributed by atoms with Crippen LogP contribution >= 0.6 is 0 Å². The van der Waals surface area contributed by atoms with Gasteiger partial charge in [0.25, 0.3) is 5.92 Å². The molecule has 1 aromatic heterocycles. The fourth-order valence-corrected chi connectivity index (χ4v) is 1.73. The second-order valence-corrected chi connectivity index (χ2v) is 3.96. The van der Waals surface area contributed by atoms with E-state index in [0.717, 1.165) is 0 Å². The summed E-state index contributed by atoms with van der Waals surface area (Å²) in [6, 6.07) is 5.06. The Bertz CT molecular complexity index is 369. The minimum Gasteiger partial charge on any atom is -0.384 e. The van der Waals surface area contributed by atoms with Crippen molar-refractivity contribution >= 4 is 11.6 Å². The van der Waals surface area contributed by atoms with Crippen LogP contribution in [0.3, 0.4) is 0 Å². The van der Waals surface area contributed by atoms with Gasteiger partial charge in [-0.05, 0) is 12.1 Å². The lowest BCUT2D eigenvalue weighted by Gasteiger charge is -2.16. The monoisotopic (exact) mass is 243 g/mol. The zero-order chi connectivity index (χ0) is 13.1. The minimum absolute atomic E-state index is 0.273. The number of halogens is 2. The number of hydrogen-bond acceptors (Lipinski definition) is 3. The SMILES string of the molecule is CC.CC1CN(c2cccc(N)n2)CC1(F)F. The number of nitrogens with zero attached hydrogens (tertiary/aromatic N) is 2. The third kappa shape index (κ3) is 3.05. The number of nitrogen functional groups attached to an aromatic ring is 1. The summed E-state index contributed by atoms with van der Waals surface area (Å²) in [6.07, 6.45) is 0. The predicted octanol–water partition coefficient (Wildman–Crippen LogP) is 2.78. The van der Waals surface area contributed by atoms with Crippen molar-refractivity contribution in [2.24, 2.45) is 5.92 Å². The van der Waals surface area contributed by atoms with Gasteiger partial charge >= 0.3 is 0 Å². The smallest absolute Gasteiger partial charge is 0.269 e. The Balaban J connectivity index is 0.000000686.